The van der Waals surface area contributed by atoms with Gasteiger partial charge in [-0.1, -0.05) is 44.4 Å². The third-order valence-corrected chi connectivity index (χ3v) is 5.41. The molecule has 0 unspecified atom stereocenters. The van der Waals surface area contributed by atoms with E-state index in [1.54, 1.807) is 0 Å². The molecule has 0 amide bonds. The molecule has 112 valence electrons. The lowest BCUT2D eigenvalue weighted by molar-refractivity contribution is 0.550. The quantitative estimate of drug-likeness (QED) is 0.680. The number of hydrogen-bond acceptors (Lipinski definition) is 2. The van der Waals surface area contributed by atoms with Crippen molar-refractivity contribution in [1.82, 2.24) is 5.32 Å². The van der Waals surface area contributed by atoms with Crippen molar-refractivity contribution in [3.63, 3.8) is 0 Å². The fraction of sp³-hybridized carbons (Fsp3) is 0.647. The summed E-state index contributed by atoms with van der Waals surface area (Å²) in [6.07, 6.45) is 5.66. The molecule has 1 aromatic rings. The van der Waals surface area contributed by atoms with Crippen LogP contribution in [0.4, 0.5) is 0 Å². The Hall–Kier alpha value is -0.180. The maximum Gasteiger partial charge on any atom is 0.0417 e. The summed E-state index contributed by atoms with van der Waals surface area (Å²) in [7, 11) is 0. The van der Waals surface area contributed by atoms with Crippen LogP contribution >= 0.6 is 23.4 Å². The Labute approximate surface area is 132 Å². The van der Waals surface area contributed by atoms with Crippen LogP contribution in [0, 0.1) is 11.8 Å². The lowest BCUT2D eigenvalue weighted by Crippen LogP contribution is -2.19. The van der Waals surface area contributed by atoms with Crippen LogP contribution in [0.25, 0.3) is 0 Å². The van der Waals surface area contributed by atoms with Gasteiger partial charge in [0.1, 0.15) is 0 Å². The SMILES string of the molecule is CC(C)CNCc1ccc(Cl)cc1SCC1CCCC1. The Morgan fingerprint density at radius 3 is 2.75 bits per heavy atom. The molecule has 0 spiro atoms. The molecular formula is C17H26ClNS. The fourth-order valence-electron chi connectivity index (χ4n) is 2.69. The molecule has 1 N–H and O–H groups in total. The van der Waals surface area contributed by atoms with Crippen LogP contribution in [-0.2, 0) is 6.54 Å². The summed E-state index contributed by atoms with van der Waals surface area (Å²) in [5, 5.41) is 4.39. The Morgan fingerprint density at radius 2 is 2.05 bits per heavy atom. The van der Waals surface area contributed by atoms with Crippen LogP contribution in [0.15, 0.2) is 23.1 Å². The molecule has 1 fully saturated rings. The van der Waals surface area contributed by atoms with Crippen LogP contribution in [-0.4, -0.2) is 12.3 Å². The topological polar surface area (TPSA) is 12.0 Å². The van der Waals surface area contributed by atoms with Crippen LogP contribution in [0.5, 0.6) is 0 Å². The molecule has 1 nitrogen and oxygen atoms in total. The van der Waals surface area contributed by atoms with E-state index in [0.717, 1.165) is 24.0 Å². The molecule has 20 heavy (non-hydrogen) atoms. The number of benzene rings is 1. The van der Waals surface area contributed by atoms with E-state index in [1.165, 1.54) is 41.9 Å². The summed E-state index contributed by atoms with van der Waals surface area (Å²) < 4.78 is 0. The molecule has 0 saturated heterocycles. The second-order valence-electron chi connectivity index (χ2n) is 6.24. The minimum atomic E-state index is 0.692. The fourth-order valence-corrected chi connectivity index (χ4v) is 4.21. The molecule has 1 saturated carbocycles. The summed E-state index contributed by atoms with van der Waals surface area (Å²) >= 11 is 8.16. The zero-order valence-corrected chi connectivity index (χ0v) is 14.2. The first kappa shape index (κ1) is 16.2. The smallest absolute Gasteiger partial charge is 0.0417 e. The van der Waals surface area contributed by atoms with Gasteiger partial charge < -0.3 is 5.32 Å². The van der Waals surface area contributed by atoms with Crippen molar-refractivity contribution in [2.24, 2.45) is 11.8 Å². The van der Waals surface area contributed by atoms with Gasteiger partial charge in [0.15, 0.2) is 0 Å². The highest BCUT2D eigenvalue weighted by atomic mass is 35.5. The van der Waals surface area contributed by atoms with E-state index in [2.05, 4.69) is 31.3 Å². The normalized spacial score (nSPS) is 16.2. The summed E-state index contributed by atoms with van der Waals surface area (Å²) in [6, 6.07) is 6.31. The molecule has 1 aromatic carbocycles. The Bertz CT molecular complexity index is 413. The summed E-state index contributed by atoms with van der Waals surface area (Å²) in [6.45, 7) is 6.49. The monoisotopic (exact) mass is 311 g/mol. The van der Waals surface area contributed by atoms with Crippen LogP contribution in [0.2, 0.25) is 5.02 Å². The Kier molecular flexibility index (Phi) is 6.73. The number of halogens is 1. The molecule has 0 aliphatic heterocycles. The van der Waals surface area contributed by atoms with E-state index < -0.39 is 0 Å². The average molecular weight is 312 g/mol. The maximum atomic E-state index is 6.16. The van der Waals surface area contributed by atoms with Gasteiger partial charge in [-0.05, 0) is 48.9 Å². The van der Waals surface area contributed by atoms with Crippen LogP contribution < -0.4 is 5.32 Å². The van der Waals surface area contributed by atoms with Crippen molar-refractivity contribution < 1.29 is 0 Å². The molecule has 0 aromatic heterocycles. The lowest BCUT2D eigenvalue weighted by Gasteiger charge is -2.14. The van der Waals surface area contributed by atoms with Crippen LogP contribution in [0.1, 0.15) is 45.1 Å². The van der Waals surface area contributed by atoms with Gasteiger partial charge >= 0.3 is 0 Å². The number of thioether (sulfide) groups is 1. The van der Waals surface area contributed by atoms with Gasteiger partial charge in [0.25, 0.3) is 0 Å². The lowest BCUT2D eigenvalue weighted by atomic mass is 10.1. The highest BCUT2D eigenvalue weighted by Gasteiger charge is 2.16. The second kappa shape index (κ2) is 8.31. The van der Waals surface area contributed by atoms with E-state index in [0.29, 0.717) is 5.92 Å². The van der Waals surface area contributed by atoms with Gasteiger partial charge in [-0.15, -0.1) is 11.8 Å². The third kappa shape index (κ3) is 5.31. The minimum Gasteiger partial charge on any atom is -0.312 e. The van der Waals surface area contributed by atoms with Crippen molar-refractivity contribution in [3.8, 4) is 0 Å². The van der Waals surface area contributed by atoms with E-state index in [4.69, 9.17) is 11.6 Å². The number of rotatable bonds is 7. The number of hydrogen-bond donors (Lipinski definition) is 1. The second-order valence-corrected chi connectivity index (χ2v) is 7.74. The zero-order valence-electron chi connectivity index (χ0n) is 12.6. The van der Waals surface area contributed by atoms with Gasteiger partial charge in [0.2, 0.25) is 0 Å². The average Bonchev–Trinajstić information content (AvgIpc) is 2.91. The first-order valence-corrected chi connectivity index (χ1v) is 9.13. The van der Waals surface area contributed by atoms with Crippen molar-refractivity contribution in [2.45, 2.75) is 51.0 Å². The maximum absolute atomic E-state index is 6.16. The number of nitrogens with one attached hydrogen (secondary N) is 1. The Balaban J connectivity index is 1.92. The van der Waals surface area contributed by atoms with Crippen LogP contribution in [0.3, 0.4) is 0 Å². The molecule has 0 heterocycles. The highest BCUT2D eigenvalue weighted by Crippen LogP contribution is 2.33. The first-order valence-electron chi connectivity index (χ1n) is 7.77. The third-order valence-electron chi connectivity index (χ3n) is 3.85. The van der Waals surface area contributed by atoms with Gasteiger partial charge in [0.05, 0.1) is 0 Å². The van der Waals surface area contributed by atoms with Crippen molar-refractivity contribution >= 4 is 23.4 Å². The molecule has 1 aliphatic carbocycles. The van der Waals surface area contributed by atoms with Gasteiger partial charge in [-0.3, -0.25) is 0 Å². The summed E-state index contributed by atoms with van der Waals surface area (Å²) in [5.74, 6) is 2.85. The molecule has 1 aliphatic rings. The predicted octanol–water partition coefficient (Wildman–Crippen LogP) is 5.37. The predicted molar refractivity (Wildman–Crippen MR) is 90.7 cm³/mol. The Morgan fingerprint density at radius 1 is 1.30 bits per heavy atom. The van der Waals surface area contributed by atoms with Gasteiger partial charge in [-0.25, -0.2) is 0 Å². The van der Waals surface area contributed by atoms with Crippen molar-refractivity contribution in [1.29, 1.82) is 0 Å². The van der Waals surface area contributed by atoms with Gasteiger partial charge in [0, 0.05) is 22.2 Å². The minimum absolute atomic E-state index is 0.692. The molecular weight excluding hydrogens is 286 g/mol. The first-order chi connectivity index (χ1) is 9.65. The largest absolute Gasteiger partial charge is 0.312 e. The molecule has 0 radical (unpaired) electrons. The van der Waals surface area contributed by atoms with Crippen molar-refractivity contribution in [2.75, 3.05) is 12.3 Å². The summed E-state index contributed by atoms with van der Waals surface area (Å²) in [4.78, 5) is 1.36. The molecule has 0 bridgehead atoms. The summed E-state index contributed by atoms with van der Waals surface area (Å²) in [5.41, 5.74) is 1.39. The van der Waals surface area contributed by atoms with Crippen molar-refractivity contribution in [3.05, 3.63) is 28.8 Å². The molecule has 0 atom stereocenters. The molecule has 3 heteroatoms. The van der Waals surface area contributed by atoms with E-state index >= 15 is 0 Å². The van der Waals surface area contributed by atoms with Gasteiger partial charge in [-0.2, -0.15) is 0 Å². The molecule has 2 rings (SSSR count). The van der Waals surface area contributed by atoms with E-state index in [-0.39, 0.29) is 0 Å². The standard InChI is InChI=1S/C17H26ClNS/c1-13(2)10-19-11-15-7-8-16(18)9-17(15)20-12-14-5-3-4-6-14/h7-9,13-14,19H,3-6,10-12H2,1-2H3. The van der Waals surface area contributed by atoms with E-state index in [9.17, 15) is 0 Å². The highest BCUT2D eigenvalue weighted by molar-refractivity contribution is 7.99. The zero-order chi connectivity index (χ0) is 14.4. The van der Waals surface area contributed by atoms with E-state index in [1.807, 2.05) is 17.8 Å².